The van der Waals surface area contributed by atoms with Gasteiger partial charge in [0.2, 0.25) is 5.82 Å². The molecule has 1 aliphatic carbocycles. The van der Waals surface area contributed by atoms with Gasteiger partial charge in [-0.1, -0.05) is 41.4 Å². The summed E-state index contributed by atoms with van der Waals surface area (Å²) in [6, 6.07) is 13.5. The molecular weight excluding hydrogens is 336 g/mol. The zero-order chi connectivity index (χ0) is 17.2. The first-order chi connectivity index (χ1) is 12.2. The summed E-state index contributed by atoms with van der Waals surface area (Å²) >= 11 is 6.36. The molecule has 0 atom stereocenters. The fourth-order valence-corrected chi connectivity index (χ4v) is 3.12. The van der Waals surface area contributed by atoms with Crippen molar-refractivity contribution in [1.29, 1.82) is 0 Å². The van der Waals surface area contributed by atoms with Crippen molar-refractivity contribution in [2.75, 3.05) is 6.61 Å². The van der Waals surface area contributed by atoms with Crippen molar-refractivity contribution < 1.29 is 9.26 Å². The lowest BCUT2D eigenvalue weighted by Gasteiger charge is -2.25. The molecule has 4 nitrogen and oxygen atoms in total. The first kappa shape index (κ1) is 16.2. The van der Waals surface area contributed by atoms with Crippen LogP contribution >= 0.6 is 11.6 Å². The standard InChI is InChI=1S/C20H19ClN2O2/c1-13-5-2-3-8-16(13)20-22-19(23-25-20)15-9-10-18(17(21)11-15)24-12-14-6-4-7-14/h2-3,5,8-11,14H,4,6-7,12H2,1H3. The van der Waals surface area contributed by atoms with Gasteiger partial charge >= 0.3 is 0 Å². The summed E-state index contributed by atoms with van der Waals surface area (Å²) in [6.45, 7) is 2.75. The summed E-state index contributed by atoms with van der Waals surface area (Å²) in [4.78, 5) is 4.50. The van der Waals surface area contributed by atoms with Crippen LogP contribution in [0.25, 0.3) is 22.8 Å². The van der Waals surface area contributed by atoms with Crippen molar-refractivity contribution in [2.24, 2.45) is 5.92 Å². The number of benzene rings is 2. The highest BCUT2D eigenvalue weighted by Gasteiger charge is 2.19. The first-order valence-electron chi connectivity index (χ1n) is 8.53. The van der Waals surface area contributed by atoms with Crippen molar-refractivity contribution in [3.8, 4) is 28.6 Å². The summed E-state index contributed by atoms with van der Waals surface area (Å²) in [7, 11) is 0. The van der Waals surface area contributed by atoms with E-state index in [1.807, 2.05) is 49.4 Å². The molecule has 1 aromatic heterocycles. The molecule has 128 valence electrons. The Morgan fingerprint density at radius 1 is 1.20 bits per heavy atom. The highest BCUT2D eigenvalue weighted by molar-refractivity contribution is 6.32. The number of nitrogens with zero attached hydrogens (tertiary/aromatic N) is 2. The predicted octanol–water partition coefficient (Wildman–Crippen LogP) is 5.54. The average Bonchev–Trinajstić information content (AvgIpc) is 3.05. The van der Waals surface area contributed by atoms with E-state index in [1.54, 1.807) is 0 Å². The summed E-state index contributed by atoms with van der Waals surface area (Å²) in [5.74, 6) is 2.41. The normalized spacial score (nSPS) is 14.3. The van der Waals surface area contributed by atoms with Crippen LogP contribution in [0.5, 0.6) is 5.75 Å². The van der Waals surface area contributed by atoms with Crippen molar-refractivity contribution in [3.63, 3.8) is 0 Å². The number of ether oxygens (including phenoxy) is 1. The highest BCUT2D eigenvalue weighted by atomic mass is 35.5. The molecule has 0 spiro atoms. The number of hydrogen-bond acceptors (Lipinski definition) is 4. The van der Waals surface area contributed by atoms with Crippen molar-refractivity contribution in [2.45, 2.75) is 26.2 Å². The summed E-state index contributed by atoms with van der Waals surface area (Å²) in [5, 5.41) is 4.65. The molecule has 1 fully saturated rings. The molecular formula is C20H19ClN2O2. The maximum absolute atomic E-state index is 6.36. The van der Waals surface area contributed by atoms with E-state index in [2.05, 4.69) is 10.1 Å². The van der Waals surface area contributed by atoms with Gasteiger partial charge in [0.05, 0.1) is 11.6 Å². The maximum Gasteiger partial charge on any atom is 0.258 e. The van der Waals surface area contributed by atoms with Crippen molar-refractivity contribution in [1.82, 2.24) is 10.1 Å². The fraction of sp³-hybridized carbons (Fsp3) is 0.300. The second-order valence-electron chi connectivity index (χ2n) is 6.49. The van der Waals surface area contributed by atoms with Crippen LogP contribution in [0.1, 0.15) is 24.8 Å². The van der Waals surface area contributed by atoms with E-state index in [0.717, 1.165) is 23.3 Å². The van der Waals surface area contributed by atoms with E-state index >= 15 is 0 Å². The lowest BCUT2D eigenvalue weighted by atomic mass is 9.86. The molecule has 0 radical (unpaired) electrons. The second kappa shape index (κ2) is 6.89. The Morgan fingerprint density at radius 2 is 2.04 bits per heavy atom. The molecule has 2 aromatic carbocycles. The molecule has 5 heteroatoms. The third-order valence-corrected chi connectivity index (χ3v) is 4.99. The van der Waals surface area contributed by atoms with Gasteiger partial charge in [0.1, 0.15) is 5.75 Å². The van der Waals surface area contributed by atoms with Gasteiger partial charge in [-0.3, -0.25) is 0 Å². The molecule has 4 rings (SSSR count). The van der Waals surface area contributed by atoms with Gasteiger partial charge in [-0.15, -0.1) is 0 Å². The van der Waals surface area contributed by atoms with Crippen LogP contribution in [-0.4, -0.2) is 16.7 Å². The third-order valence-electron chi connectivity index (χ3n) is 4.69. The van der Waals surface area contributed by atoms with Gasteiger partial charge in [0.15, 0.2) is 0 Å². The minimum absolute atomic E-state index is 0.509. The molecule has 0 N–H and O–H groups in total. The molecule has 1 saturated carbocycles. The van der Waals surface area contributed by atoms with Crippen LogP contribution in [0.2, 0.25) is 5.02 Å². The number of hydrogen-bond donors (Lipinski definition) is 0. The first-order valence-corrected chi connectivity index (χ1v) is 8.91. The van der Waals surface area contributed by atoms with Gasteiger partial charge in [0, 0.05) is 11.1 Å². The summed E-state index contributed by atoms with van der Waals surface area (Å²) in [5.41, 5.74) is 2.84. The third kappa shape index (κ3) is 3.40. The average molecular weight is 355 g/mol. The van der Waals surface area contributed by atoms with Crippen LogP contribution in [0.15, 0.2) is 47.0 Å². The zero-order valence-electron chi connectivity index (χ0n) is 14.0. The van der Waals surface area contributed by atoms with E-state index in [-0.39, 0.29) is 0 Å². The number of halogens is 1. The number of rotatable bonds is 5. The molecule has 1 aliphatic rings. The molecule has 0 bridgehead atoms. The molecule has 1 heterocycles. The zero-order valence-corrected chi connectivity index (χ0v) is 14.8. The van der Waals surface area contributed by atoms with Gasteiger partial charge < -0.3 is 9.26 Å². The Balaban J connectivity index is 1.54. The fourth-order valence-electron chi connectivity index (χ4n) is 2.89. The van der Waals surface area contributed by atoms with E-state index in [0.29, 0.717) is 28.4 Å². The second-order valence-corrected chi connectivity index (χ2v) is 6.90. The Bertz CT molecular complexity index is 887. The van der Waals surface area contributed by atoms with E-state index in [4.69, 9.17) is 20.9 Å². The smallest absolute Gasteiger partial charge is 0.258 e. The van der Waals surface area contributed by atoms with Crippen molar-refractivity contribution in [3.05, 3.63) is 53.1 Å². The maximum atomic E-state index is 6.36. The van der Waals surface area contributed by atoms with Gasteiger partial charge in [-0.25, -0.2) is 0 Å². The monoisotopic (exact) mass is 354 g/mol. The Kier molecular flexibility index (Phi) is 4.45. The number of aromatic nitrogens is 2. The van der Waals surface area contributed by atoms with Crippen molar-refractivity contribution >= 4 is 11.6 Å². The number of aryl methyl sites for hydroxylation is 1. The molecule has 3 aromatic rings. The van der Waals surface area contributed by atoms with Crippen LogP contribution in [0, 0.1) is 12.8 Å². The van der Waals surface area contributed by atoms with Crippen LogP contribution in [0.4, 0.5) is 0 Å². The van der Waals surface area contributed by atoms with Gasteiger partial charge in [0.25, 0.3) is 5.89 Å². The minimum Gasteiger partial charge on any atom is -0.492 e. The van der Waals surface area contributed by atoms with E-state index in [9.17, 15) is 0 Å². The summed E-state index contributed by atoms with van der Waals surface area (Å²) < 4.78 is 11.2. The van der Waals surface area contributed by atoms with E-state index in [1.165, 1.54) is 19.3 Å². The molecule has 0 saturated heterocycles. The molecule has 0 unspecified atom stereocenters. The van der Waals surface area contributed by atoms with E-state index < -0.39 is 0 Å². The quantitative estimate of drug-likeness (QED) is 0.603. The predicted molar refractivity (Wildman–Crippen MR) is 97.8 cm³/mol. The highest BCUT2D eigenvalue weighted by Crippen LogP contribution is 2.33. The topological polar surface area (TPSA) is 48.2 Å². The molecule has 0 aliphatic heterocycles. The lowest BCUT2D eigenvalue weighted by molar-refractivity contribution is 0.181. The molecule has 0 amide bonds. The van der Waals surface area contributed by atoms with Crippen LogP contribution in [-0.2, 0) is 0 Å². The SMILES string of the molecule is Cc1ccccc1-c1nc(-c2ccc(OCC3CCC3)c(Cl)c2)no1. The Morgan fingerprint density at radius 3 is 2.76 bits per heavy atom. The van der Waals surface area contributed by atoms with Gasteiger partial charge in [-0.05, 0) is 55.5 Å². The Hall–Kier alpha value is -2.33. The largest absolute Gasteiger partial charge is 0.492 e. The van der Waals surface area contributed by atoms with Gasteiger partial charge in [-0.2, -0.15) is 4.98 Å². The Labute approximate surface area is 151 Å². The summed E-state index contributed by atoms with van der Waals surface area (Å²) in [6.07, 6.45) is 3.81. The molecule has 25 heavy (non-hydrogen) atoms. The minimum atomic E-state index is 0.509. The van der Waals surface area contributed by atoms with Crippen LogP contribution in [0.3, 0.4) is 0 Å². The lowest BCUT2D eigenvalue weighted by Crippen LogP contribution is -2.19. The van der Waals surface area contributed by atoms with Crippen LogP contribution < -0.4 is 4.74 Å².